The van der Waals surface area contributed by atoms with E-state index in [2.05, 4.69) is 0 Å². The monoisotopic (exact) mass is 376 g/mol. The molecule has 1 aromatic carbocycles. The predicted octanol–water partition coefficient (Wildman–Crippen LogP) is 2.50. The molecule has 1 fully saturated rings. The van der Waals surface area contributed by atoms with Crippen LogP contribution >= 0.6 is 22.6 Å². The van der Waals surface area contributed by atoms with Crippen LogP contribution in [0.25, 0.3) is 0 Å². The van der Waals surface area contributed by atoms with Gasteiger partial charge in [-0.1, -0.05) is 0 Å². The van der Waals surface area contributed by atoms with Crippen molar-refractivity contribution in [1.82, 2.24) is 0 Å². The molecule has 0 spiro atoms. The van der Waals surface area contributed by atoms with Crippen LogP contribution in [0.2, 0.25) is 0 Å². The van der Waals surface area contributed by atoms with Gasteiger partial charge in [-0.15, -0.1) is 0 Å². The highest BCUT2D eigenvalue weighted by Crippen LogP contribution is 2.34. The number of carboxylic acids is 1. The lowest BCUT2D eigenvalue weighted by molar-refractivity contribution is -0.384. The summed E-state index contributed by atoms with van der Waals surface area (Å²) in [7, 11) is 0. The maximum absolute atomic E-state index is 11.1. The number of carboxylic acid groups (broad SMARTS) is 1. The van der Waals surface area contributed by atoms with Crippen molar-refractivity contribution in [3.8, 4) is 0 Å². The Morgan fingerprint density at radius 2 is 2.26 bits per heavy atom. The van der Waals surface area contributed by atoms with Crippen molar-refractivity contribution in [3.05, 3.63) is 31.9 Å². The standard InChI is InChI=1S/C12H13IN2O4/c1-7-9(12(16)17)4-5-14(7)11-3-2-8(15(18)19)6-10(11)13/h2-3,6-7,9H,4-5H2,1H3,(H,16,17). The van der Waals surface area contributed by atoms with Gasteiger partial charge in [-0.3, -0.25) is 14.9 Å². The van der Waals surface area contributed by atoms with E-state index in [0.29, 0.717) is 13.0 Å². The summed E-state index contributed by atoms with van der Waals surface area (Å²) in [5.74, 6) is -1.17. The summed E-state index contributed by atoms with van der Waals surface area (Å²) in [6, 6.07) is 4.56. The molecule has 2 rings (SSSR count). The Bertz CT molecular complexity index is 534. The topological polar surface area (TPSA) is 83.7 Å². The van der Waals surface area contributed by atoms with E-state index in [9.17, 15) is 14.9 Å². The van der Waals surface area contributed by atoms with E-state index in [1.54, 1.807) is 6.07 Å². The Labute approximate surface area is 123 Å². The van der Waals surface area contributed by atoms with Gasteiger partial charge < -0.3 is 10.0 Å². The van der Waals surface area contributed by atoms with E-state index in [1.165, 1.54) is 12.1 Å². The number of hydrogen-bond acceptors (Lipinski definition) is 4. The lowest BCUT2D eigenvalue weighted by Gasteiger charge is -2.26. The molecule has 1 aliphatic heterocycles. The Morgan fingerprint density at radius 3 is 2.74 bits per heavy atom. The maximum Gasteiger partial charge on any atom is 0.308 e. The third kappa shape index (κ3) is 2.65. The van der Waals surface area contributed by atoms with Crippen molar-refractivity contribution in [3.63, 3.8) is 0 Å². The number of nitro groups is 1. The number of nitro benzene ring substituents is 1. The Kier molecular flexibility index (Phi) is 3.93. The van der Waals surface area contributed by atoms with Gasteiger partial charge in [0.25, 0.3) is 5.69 Å². The highest BCUT2D eigenvalue weighted by atomic mass is 127. The molecule has 0 amide bonds. The van der Waals surface area contributed by atoms with Crippen molar-refractivity contribution < 1.29 is 14.8 Å². The first-order chi connectivity index (χ1) is 8.91. The lowest BCUT2D eigenvalue weighted by Crippen LogP contribution is -2.33. The summed E-state index contributed by atoms with van der Waals surface area (Å²) in [6.45, 7) is 2.54. The number of halogens is 1. The van der Waals surface area contributed by atoms with Crippen LogP contribution in [-0.2, 0) is 4.79 Å². The zero-order valence-electron chi connectivity index (χ0n) is 10.2. The zero-order valence-corrected chi connectivity index (χ0v) is 12.4. The molecule has 19 heavy (non-hydrogen) atoms. The molecule has 0 radical (unpaired) electrons. The second-order valence-electron chi connectivity index (χ2n) is 4.56. The van der Waals surface area contributed by atoms with E-state index in [-0.39, 0.29) is 17.6 Å². The predicted molar refractivity (Wildman–Crippen MR) is 78.4 cm³/mol. The number of carbonyl (C=O) groups is 1. The van der Waals surface area contributed by atoms with Crippen LogP contribution in [0.1, 0.15) is 13.3 Å². The minimum Gasteiger partial charge on any atom is -0.481 e. The smallest absolute Gasteiger partial charge is 0.308 e. The van der Waals surface area contributed by atoms with Crippen LogP contribution in [0.3, 0.4) is 0 Å². The largest absolute Gasteiger partial charge is 0.481 e. The SMILES string of the molecule is CC1C(C(=O)O)CCN1c1ccc([N+](=O)[O-])cc1I. The first-order valence-corrected chi connectivity index (χ1v) is 6.93. The van der Waals surface area contributed by atoms with Gasteiger partial charge in [-0.2, -0.15) is 0 Å². The molecule has 0 bridgehead atoms. The summed E-state index contributed by atoms with van der Waals surface area (Å²) >= 11 is 2.05. The van der Waals surface area contributed by atoms with E-state index < -0.39 is 10.9 Å². The number of aliphatic carboxylic acids is 1. The third-order valence-corrected chi connectivity index (χ3v) is 4.39. The fraction of sp³-hybridized carbons (Fsp3) is 0.417. The maximum atomic E-state index is 11.1. The normalized spacial score (nSPS) is 22.5. The second kappa shape index (κ2) is 5.32. The molecule has 0 saturated carbocycles. The first kappa shape index (κ1) is 14.0. The van der Waals surface area contributed by atoms with Crippen LogP contribution < -0.4 is 4.90 Å². The number of hydrogen-bond donors (Lipinski definition) is 1. The van der Waals surface area contributed by atoms with Crippen LogP contribution in [0.5, 0.6) is 0 Å². The molecule has 0 aliphatic carbocycles. The van der Waals surface area contributed by atoms with Gasteiger partial charge >= 0.3 is 5.97 Å². The van der Waals surface area contributed by atoms with Crippen molar-refractivity contribution >= 4 is 39.9 Å². The van der Waals surface area contributed by atoms with Crippen molar-refractivity contribution in [2.45, 2.75) is 19.4 Å². The number of anilines is 1. The van der Waals surface area contributed by atoms with Crippen molar-refractivity contribution in [2.75, 3.05) is 11.4 Å². The van der Waals surface area contributed by atoms with E-state index in [0.717, 1.165) is 9.26 Å². The molecule has 1 aromatic rings. The van der Waals surface area contributed by atoms with Gasteiger partial charge in [0, 0.05) is 28.3 Å². The van der Waals surface area contributed by atoms with Crippen LogP contribution in [0.15, 0.2) is 18.2 Å². The summed E-state index contributed by atoms with van der Waals surface area (Å²) in [5.41, 5.74) is 0.914. The van der Waals surface area contributed by atoms with E-state index >= 15 is 0 Å². The summed E-state index contributed by atoms with van der Waals surface area (Å²) in [4.78, 5) is 23.4. The minimum absolute atomic E-state index is 0.0507. The first-order valence-electron chi connectivity index (χ1n) is 5.85. The Hall–Kier alpha value is -1.38. The summed E-state index contributed by atoms with van der Waals surface area (Å²) < 4.78 is 0.768. The molecule has 2 atom stereocenters. The quantitative estimate of drug-likeness (QED) is 0.498. The zero-order chi connectivity index (χ0) is 14.2. The van der Waals surface area contributed by atoms with Gasteiger partial charge in [0.1, 0.15) is 0 Å². The van der Waals surface area contributed by atoms with Gasteiger partial charge in [-0.25, -0.2) is 0 Å². The fourth-order valence-corrected chi connectivity index (χ4v) is 3.26. The summed E-state index contributed by atoms with van der Waals surface area (Å²) in [6.07, 6.45) is 0.601. The Balaban J connectivity index is 2.28. The molecule has 2 unspecified atom stereocenters. The van der Waals surface area contributed by atoms with Gasteiger partial charge in [0.15, 0.2) is 0 Å². The number of nitrogens with zero attached hydrogens (tertiary/aromatic N) is 2. The molecule has 6 nitrogen and oxygen atoms in total. The van der Waals surface area contributed by atoms with Gasteiger partial charge in [-0.05, 0) is 42.0 Å². The van der Waals surface area contributed by atoms with Gasteiger partial charge in [0.2, 0.25) is 0 Å². The minimum atomic E-state index is -0.785. The average Bonchev–Trinajstić information content (AvgIpc) is 2.71. The average molecular weight is 376 g/mol. The number of non-ortho nitro benzene ring substituents is 1. The highest BCUT2D eigenvalue weighted by molar-refractivity contribution is 14.1. The van der Waals surface area contributed by atoms with Crippen molar-refractivity contribution in [1.29, 1.82) is 0 Å². The third-order valence-electron chi connectivity index (χ3n) is 3.52. The molecule has 1 aliphatic rings. The second-order valence-corrected chi connectivity index (χ2v) is 5.72. The highest BCUT2D eigenvalue weighted by Gasteiger charge is 2.36. The van der Waals surface area contributed by atoms with Crippen LogP contribution in [-0.4, -0.2) is 28.6 Å². The van der Waals surface area contributed by atoms with Crippen LogP contribution in [0.4, 0.5) is 11.4 Å². The summed E-state index contributed by atoms with van der Waals surface area (Å²) in [5, 5.41) is 19.8. The lowest BCUT2D eigenvalue weighted by atomic mass is 10.0. The van der Waals surface area contributed by atoms with Gasteiger partial charge in [0.05, 0.1) is 16.5 Å². The number of benzene rings is 1. The van der Waals surface area contributed by atoms with Crippen molar-refractivity contribution in [2.24, 2.45) is 5.92 Å². The Morgan fingerprint density at radius 1 is 1.58 bits per heavy atom. The van der Waals surface area contributed by atoms with E-state index in [1.807, 2.05) is 34.4 Å². The fourth-order valence-electron chi connectivity index (χ4n) is 2.45. The molecule has 1 N–H and O–H groups in total. The molecular weight excluding hydrogens is 363 g/mol. The number of rotatable bonds is 3. The molecule has 0 aromatic heterocycles. The molecule has 7 heteroatoms. The van der Waals surface area contributed by atoms with Crippen LogP contribution in [0, 0.1) is 19.6 Å². The van der Waals surface area contributed by atoms with E-state index in [4.69, 9.17) is 5.11 Å². The molecule has 1 heterocycles. The molecule has 102 valence electrons. The molecule has 1 saturated heterocycles. The molecular formula is C12H13IN2O4.